The number of hydrogen-bond acceptors (Lipinski definition) is 8. The summed E-state index contributed by atoms with van der Waals surface area (Å²) in [7, 11) is 0. The minimum absolute atomic E-state index is 0.0685. The SMILES string of the molecule is CCOC(=O)C(CC(C)C(=O)O)CC(CC1C(=O)N(c2c(CC)cccc2CC)C(=O)C1C)C(=O)OCCO. The van der Waals surface area contributed by atoms with Crippen molar-refractivity contribution in [1.29, 1.82) is 0 Å². The lowest BCUT2D eigenvalue weighted by Crippen LogP contribution is -2.34. The van der Waals surface area contributed by atoms with E-state index in [0.717, 1.165) is 11.1 Å². The van der Waals surface area contributed by atoms with Crippen LogP contribution in [0.1, 0.15) is 65.0 Å². The summed E-state index contributed by atoms with van der Waals surface area (Å²) in [5.74, 6) is -7.62. The van der Waals surface area contributed by atoms with E-state index in [2.05, 4.69) is 0 Å². The van der Waals surface area contributed by atoms with Crippen LogP contribution in [0.2, 0.25) is 0 Å². The number of aliphatic carboxylic acids is 1. The van der Waals surface area contributed by atoms with Gasteiger partial charge in [-0.15, -0.1) is 0 Å². The fourth-order valence-electron chi connectivity index (χ4n) is 5.17. The van der Waals surface area contributed by atoms with E-state index in [9.17, 15) is 29.1 Å². The first-order chi connectivity index (χ1) is 18.5. The van der Waals surface area contributed by atoms with Gasteiger partial charge >= 0.3 is 17.9 Å². The molecule has 1 heterocycles. The van der Waals surface area contributed by atoms with E-state index >= 15 is 0 Å². The van der Waals surface area contributed by atoms with Gasteiger partial charge in [-0.1, -0.05) is 45.9 Å². The maximum absolute atomic E-state index is 13.8. The smallest absolute Gasteiger partial charge is 0.309 e. The van der Waals surface area contributed by atoms with Crippen molar-refractivity contribution in [2.45, 2.75) is 66.7 Å². The third-order valence-corrected chi connectivity index (χ3v) is 7.40. The molecule has 1 saturated heterocycles. The van der Waals surface area contributed by atoms with Gasteiger partial charge in [-0.05, 0) is 50.2 Å². The summed E-state index contributed by atoms with van der Waals surface area (Å²) in [5, 5.41) is 18.6. The van der Waals surface area contributed by atoms with E-state index in [1.54, 1.807) is 13.8 Å². The summed E-state index contributed by atoms with van der Waals surface area (Å²) in [4.78, 5) is 65.7. The predicted molar refractivity (Wildman–Crippen MR) is 143 cm³/mol. The van der Waals surface area contributed by atoms with Crippen molar-refractivity contribution in [3.8, 4) is 0 Å². The zero-order chi connectivity index (χ0) is 29.3. The summed E-state index contributed by atoms with van der Waals surface area (Å²) in [5.41, 5.74) is 2.33. The molecule has 216 valence electrons. The molecule has 1 aliphatic heterocycles. The van der Waals surface area contributed by atoms with E-state index in [-0.39, 0.29) is 38.4 Å². The maximum atomic E-state index is 13.8. The van der Waals surface area contributed by atoms with Gasteiger partial charge < -0.3 is 19.7 Å². The largest absolute Gasteiger partial charge is 0.481 e. The number of amides is 2. The Hall–Kier alpha value is -3.27. The predicted octanol–water partition coefficient (Wildman–Crippen LogP) is 3.16. The first-order valence-electron chi connectivity index (χ1n) is 13.7. The number of ether oxygens (including phenoxy) is 2. The summed E-state index contributed by atoms with van der Waals surface area (Å²) >= 11 is 0. The number of aliphatic hydroxyl groups excluding tert-OH is 1. The number of imide groups is 1. The van der Waals surface area contributed by atoms with Crippen LogP contribution in [-0.4, -0.2) is 59.8 Å². The molecule has 1 aromatic carbocycles. The number of esters is 2. The molecule has 2 N–H and O–H groups in total. The molecular formula is C29H41NO9. The number of aryl methyl sites for hydroxylation is 2. The highest BCUT2D eigenvalue weighted by molar-refractivity contribution is 6.22. The third-order valence-electron chi connectivity index (χ3n) is 7.40. The van der Waals surface area contributed by atoms with Gasteiger partial charge in [0, 0.05) is 5.92 Å². The van der Waals surface area contributed by atoms with Gasteiger partial charge in [0.15, 0.2) is 0 Å². The molecule has 0 spiro atoms. The Balaban J connectivity index is 2.43. The monoisotopic (exact) mass is 547 g/mol. The van der Waals surface area contributed by atoms with E-state index in [4.69, 9.17) is 14.6 Å². The molecule has 0 bridgehead atoms. The highest BCUT2D eigenvalue weighted by Crippen LogP contribution is 2.39. The Kier molecular flexibility index (Phi) is 12.1. The van der Waals surface area contributed by atoms with E-state index < -0.39 is 60.0 Å². The lowest BCUT2D eigenvalue weighted by Gasteiger charge is -2.25. The highest BCUT2D eigenvalue weighted by Gasteiger charge is 2.48. The van der Waals surface area contributed by atoms with Gasteiger partial charge in [0.25, 0.3) is 0 Å². The van der Waals surface area contributed by atoms with Crippen molar-refractivity contribution >= 4 is 35.4 Å². The number of anilines is 1. The lowest BCUT2D eigenvalue weighted by atomic mass is 9.80. The van der Waals surface area contributed by atoms with Crippen molar-refractivity contribution in [2.24, 2.45) is 29.6 Å². The normalized spacial score (nSPS) is 19.5. The van der Waals surface area contributed by atoms with E-state index in [1.807, 2.05) is 32.0 Å². The number of benzene rings is 1. The molecule has 1 aliphatic rings. The fraction of sp³-hybridized carbons (Fsp3) is 0.621. The average Bonchev–Trinajstić information content (AvgIpc) is 3.12. The first kappa shape index (κ1) is 31.9. The van der Waals surface area contributed by atoms with Crippen LogP contribution < -0.4 is 4.90 Å². The fourth-order valence-corrected chi connectivity index (χ4v) is 5.17. The molecule has 10 nitrogen and oxygen atoms in total. The zero-order valence-electron chi connectivity index (χ0n) is 23.5. The molecule has 0 saturated carbocycles. The quantitative estimate of drug-likeness (QED) is 0.250. The Morgan fingerprint density at radius 1 is 0.949 bits per heavy atom. The molecule has 2 amide bonds. The number of carboxylic acids is 1. The third kappa shape index (κ3) is 7.65. The van der Waals surface area contributed by atoms with Crippen LogP contribution in [0.4, 0.5) is 5.69 Å². The Labute approximate surface area is 229 Å². The molecule has 1 aromatic rings. The molecule has 0 aliphatic carbocycles. The van der Waals surface area contributed by atoms with Crippen LogP contribution in [0.25, 0.3) is 0 Å². The molecule has 10 heteroatoms. The van der Waals surface area contributed by atoms with Crippen molar-refractivity contribution in [1.82, 2.24) is 0 Å². The van der Waals surface area contributed by atoms with Crippen molar-refractivity contribution < 1.29 is 43.7 Å². The van der Waals surface area contributed by atoms with Gasteiger partial charge in [-0.3, -0.25) is 24.0 Å². The van der Waals surface area contributed by atoms with Gasteiger partial charge in [0.05, 0.1) is 42.6 Å². The summed E-state index contributed by atoms with van der Waals surface area (Å²) in [6.07, 6.45) is 0.994. The number of aliphatic hydroxyl groups is 1. The number of hydrogen-bond donors (Lipinski definition) is 2. The number of carbonyl (C=O) groups is 5. The second-order valence-electron chi connectivity index (χ2n) is 10.0. The number of carbonyl (C=O) groups excluding carboxylic acids is 4. The van der Waals surface area contributed by atoms with Crippen LogP contribution in [0.15, 0.2) is 18.2 Å². The van der Waals surface area contributed by atoms with E-state index in [0.29, 0.717) is 18.5 Å². The van der Waals surface area contributed by atoms with Crippen molar-refractivity contribution in [3.05, 3.63) is 29.3 Å². The van der Waals surface area contributed by atoms with Crippen LogP contribution >= 0.6 is 0 Å². The number of carboxylic acid groups (broad SMARTS) is 1. The number of para-hydroxylation sites is 1. The average molecular weight is 548 g/mol. The standard InChI is InChI=1S/C29H41NO9/c1-6-19-10-9-11-20(7-2)24(19)30-25(32)18(5)23(26(30)33)16-22(29(37)39-13-12-31)15-21(28(36)38-8-3)14-17(4)27(34)35/h9-11,17-18,21-23,31H,6-8,12-16H2,1-5H3,(H,34,35). The molecular weight excluding hydrogens is 506 g/mol. The number of nitrogens with zero attached hydrogens (tertiary/aromatic N) is 1. The van der Waals surface area contributed by atoms with Crippen LogP contribution in [-0.2, 0) is 46.3 Å². The van der Waals surface area contributed by atoms with Gasteiger partial charge in [-0.2, -0.15) is 0 Å². The molecule has 1 fully saturated rings. The van der Waals surface area contributed by atoms with Crippen LogP contribution in [0, 0.1) is 29.6 Å². The lowest BCUT2D eigenvalue weighted by molar-refractivity contribution is -0.154. The Bertz CT molecular complexity index is 1030. The molecule has 0 radical (unpaired) electrons. The number of rotatable bonds is 15. The van der Waals surface area contributed by atoms with Crippen LogP contribution in [0.3, 0.4) is 0 Å². The zero-order valence-corrected chi connectivity index (χ0v) is 23.5. The highest BCUT2D eigenvalue weighted by atomic mass is 16.5. The van der Waals surface area contributed by atoms with Gasteiger partial charge in [-0.25, -0.2) is 4.90 Å². The Morgan fingerprint density at radius 2 is 1.54 bits per heavy atom. The van der Waals surface area contributed by atoms with Crippen LogP contribution in [0.5, 0.6) is 0 Å². The second kappa shape index (κ2) is 14.8. The minimum Gasteiger partial charge on any atom is -0.481 e. The molecule has 39 heavy (non-hydrogen) atoms. The maximum Gasteiger partial charge on any atom is 0.309 e. The van der Waals surface area contributed by atoms with E-state index in [1.165, 1.54) is 11.8 Å². The van der Waals surface area contributed by atoms with Gasteiger partial charge in [0.1, 0.15) is 6.61 Å². The second-order valence-corrected chi connectivity index (χ2v) is 10.0. The summed E-state index contributed by atoms with van der Waals surface area (Å²) in [6, 6.07) is 5.67. The topological polar surface area (TPSA) is 148 Å². The molecule has 0 aromatic heterocycles. The molecule has 5 atom stereocenters. The first-order valence-corrected chi connectivity index (χ1v) is 13.7. The Morgan fingerprint density at radius 3 is 2.05 bits per heavy atom. The summed E-state index contributed by atoms with van der Waals surface area (Å²) in [6.45, 7) is 8.03. The van der Waals surface area contributed by atoms with Gasteiger partial charge in [0.2, 0.25) is 11.8 Å². The molecule has 2 rings (SSSR count). The van der Waals surface area contributed by atoms with Crippen molar-refractivity contribution in [2.75, 3.05) is 24.7 Å². The molecule has 5 unspecified atom stereocenters. The minimum atomic E-state index is -1.09. The summed E-state index contributed by atoms with van der Waals surface area (Å²) < 4.78 is 10.3. The van der Waals surface area contributed by atoms with Crippen molar-refractivity contribution in [3.63, 3.8) is 0 Å².